The Bertz CT molecular complexity index is 582. The zero-order chi connectivity index (χ0) is 13.9. The Morgan fingerprint density at radius 2 is 2.00 bits per heavy atom. The molecule has 1 aliphatic carbocycles. The van der Waals surface area contributed by atoms with E-state index < -0.39 is 10.0 Å². The number of sulfonamides is 1. The van der Waals surface area contributed by atoms with Crippen molar-refractivity contribution >= 4 is 21.6 Å². The van der Waals surface area contributed by atoms with Crippen LogP contribution in [0.2, 0.25) is 0 Å². The summed E-state index contributed by atoms with van der Waals surface area (Å²) in [7, 11) is -3.59. The van der Waals surface area contributed by atoms with E-state index in [-0.39, 0.29) is 18.1 Å². The summed E-state index contributed by atoms with van der Waals surface area (Å²) in [6, 6.07) is 5.85. The van der Waals surface area contributed by atoms with Crippen molar-refractivity contribution in [2.45, 2.75) is 32.1 Å². The first-order valence-corrected chi connectivity index (χ1v) is 8.08. The molecular formula is C13H18N2O3S. The molecule has 104 valence electrons. The summed E-state index contributed by atoms with van der Waals surface area (Å²) in [5, 5.41) is 7.66. The molecule has 1 amide bonds. The first kappa shape index (κ1) is 14.0. The molecule has 0 fully saturated rings. The van der Waals surface area contributed by atoms with Crippen molar-refractivity contribution in [1.29, 1.82) is 0 Å². The smallest absolute Gasteiger partial charge is 0.225 e. The number of fused-ring (bicyclic) bond motifs is 1. The van der Waals surface area contributed by atoms with E-state index in [2.05, 4.69) is 11.4 Å². The molecule has 0 radical (unpaired) electrons. The fourth-order valence-electron chi connectivity index (χ4n) is 2.35. The van der Waals surface area contributed by atoms with E-state index in [9.17, 15) is 13.2 Å². The van der Waals surface area contributed by atoms with Crippen molar-refractivity contribution in [2.24, 2.45) is 5.14 Å². The van der Waals surface area contributed by atoms with E-state index in [1.54, 1.807) is 0 Å². The molecule has 0 aliphatic heterocycles. The monoisotopic (exact) mass is 282 g/mol. The van der Waals surface area contributed by atoms with E-state index in [0.717, 1.165) is 24.9 Å². The number of hydrogen-bond donors (Lipinski definition) is 2. The molecule has 0 aromatic heterocycles. The van der Waals surface area contributed by atoms with Crippen LogP contribution in [-0.2, 0) is 27.7 Å². The summed E-state index contributed by atoms with van der Waals surface area (Å²) in [5.74, 6) is -0.638. The zero-order valence-electron chi connectivity index (χ0n) is 10.7. The number of nitrogens with two attached hydrogens (primary N) is 1. The van der Waals surface area contributed by atoms with Gasteiger partial charge in [-0.15, -0.1) is 0 Å². The van der Waals surface area contributed by atoms with Gasteiger partial charge in [0.15, 0.2) is 0 Å². The third-order valence-electron chi connectivity index (χ3n) is 3.28. The average molecular weight is 282 g/mol. The number of carbonyl (C=O) groups excluding carboxylic acids is 1. The molecule has 5 nitrogen and oxygen atoms in total. The molecule has 0 atom stereocenters. The summed E-state index contributed by atoms with van der Waals surface area (Å²) in [5.41, 5.74) is 3.25. The van der Waals surface area contributed by atoms with E-state index in [4.69, 9.17) is 5.14 Å². The number of rotatable bonds is 4. The maximum absolute atomic E-state index is 11.7. The third-order valence-corrected chi connectivity index (χ3v) is 4.06. The van der Waals surface area contributed by atoms with Gasteiger partial charge in [0.2, 0.25) is 15.9 Å². The van der Waals surface area contributed by atoms with Gasteiger partial charge in [0.25, 0.3) is 0 Å². The topological polar surface area (TPSA) is 89.3 Å². The second-order valence-electron chi connectivity index (χ2n) is 4.82. The SMILES string of the molecule is NS(=O)(=O)CCC(=O)Nc1cccc2c1CCCC2. The molecule has 0 heterocycles. The van der Waals surface area contributed by atoms with Crippen molar-refractivity contribution < 1.29 is 13.2 Å². The molecule has 1 aromatic rings. The van der Waals surface area contributed by atoms with Crippen molar-refractivity contribution in [3.8, 4) is 0 Å². The maximum atomic E-state index is 11.7. The number of anilines is 1. The van der Waals surface area contributed by atoms with Crippen LogP contribution < -0.4 is 10.5 Å². The number of benzene rings is 1. The summed E-state index contributed by atoms with van der Waals surface area (Å²) in [6.45, 7) is 0. The van der Waals surface area contributed by atoms with Crippen LogP contribution >= 0.6 is 0 Å². The highest BCUT2D eigenvalue weighted by molar-refractivity contribution is 7.89. The fourth-order valence-corrected chi connectivity index (χ4v) is 2.82. The van der Waals surface area contributed by atoms with Gasteiger partial charge >= 0.3 is 0 Å². The van der Waals surface area contributed by atoms with E-state index in [1.165, 1.54) is 17.5 Å². The second kappa shape index (κ2) is 5.71. The summed E-state index contributed by atoms with van der Waals surface area (Å²) in [6.07, 6.45) is 4.19. The molecule has 0 unspecified atom stereocenters. The average Bonchev–Trinajstić information content (AvgIpc) is 2.36. The largest absolute Gasteiger partial charge is 0.326 e. The number of amides is 1. The number of primary sulfonamides is 1. The van der Waals surface area contributed by atoms with Gasteiger partial charge in [-0.05, 0) is 42.9 Å². The molecule has 19 heavy (non-hydrogen) atoms. The van der Waals surface area contributed by atoms with Crippen LogP contribution in [0.25, 0.3) is 0 Å². The van der Waals surface area contributed by atoms with Gasteiger partial charge in [0, 0.05) is 12.1 Å². The number of carbonyl (C=O) groups is 1. The lowest BCUT2D eigenvalue weighted by Crippen LogP contribution is -2.22. The van der Waals surface area contributed by atoms with Gasteiger partial charge in [-0.25, -0.2) is 13.6 Å². The minimum absolute atomic E-state index is 0.109. The molecule has 0 saturated carbocycles. The summed E-state index contributed by atoms with van der Waals surface area (Å²) in [4.78, 5) is 11.7. The normalized spacial score (nSPS) is 14.8. The van der Waals surface area contributed by atoms with Crippen LogP contribution in [0.5, 0.6) is 0 Å². The van der Waals surface area contributed by atoms with Crippen molar-refractivity contribution in [2.75, 3.05) is 11.1 Å². The van der Waals surface area contributed by atoms with E-state index >= 15 is 0 Å². The lowest BCUT2D eigenvalue weighted by atomic mass is 9.90. The lowest BCUT2D eigenvalue weighted by molar-refractivity contribution is -0.115. The van der Waals surface area contributed by atoms with Crippen LogP contribution in [-0.4, -0.2) is 20.1 Å². The van der Waals surface area contributed by atoms with Gasteiger partial charge in [-0.3, -0.25) is 4.79 Å². The Kier molecular flexibility index (Phi) is 4.21. The first-order chi connectivity index (χ1) is 8.96. The fraction of sp³-hybridized carbons (Fsp3) is 0.462. The summed E-state index contributed by atoms with van der Waals surface area (Å²) < 4.78 is 21.6. The van der Waals surface area contributed by atoms with Crippen molar-refractivity contribution in [3.05, 3.63) is 29.3 Å². The molecular weight excluding hydrogens is 264 g/mol. The Labute approximate surface area is 113 Å². The predicted octanol–water partition coefficient (Wildman–Crippen LogP) is 1.18. The highest BCUT2D eigenvalue weighted by Gasteiger charge is 2.15. The van der Waals surface area contributed by atoms with Crippen LogP contribution in [0.4, 0.5) is 5.69 Å². The van der Waals surface area contributed by atoms with Gasteiger partial charge in [0.1, 0.15) is 0 Å². The Morgan fingerprint density at radius 1 is 1.26 bits per heavy atom. The van der Waals surface area contributed by atoms with Crippen LogP contribution in [0.1, 0.15) is 30.4 Å². The molecule has 1 aliphatic rings. The van der Waals surface area contributed by atoms with Crippen molar-refractivity contribution in [3.63, 3.8) is 0 Å². The number of aryl methyl sites for hydroxylation is 1. The predicted molar refractivity (Wildman–Crippen MR) is 74.3 cm³/mol. The number of nitrogens with one attached hydrogen (secondary N) is 1. The van der Waals surface area contributed by atoms with Gasteiger partial charge in [-0.2, -0.15) is 0 Å². The molecule has 2 rings (SSSR count). The maximum Gasteiger partial charge on any atom is 0.225 e. The van der Waals surface area contributed by atoms with E-state index in [1.807, 2.05) is 12.1 Å². The number of hydrogen-bond acceptors (Lipinski definition) is 3. The van der Waals surface area contributed by atoms with Crippen molar-refractivity contribution in [1.82, 2.24) is 0 Å². The molecule has 1 aromatic carbocycles. The highest BCUT2D eigenvalue weighted by atomic mass is 32.2. The van der Waals surface area contributed by atoms with Crippen LogP contribution in [0.3, 0.4) is 0 Å². The van der Waals surface area contributed by atoms with E-state index in [0.29, 0.717) is 0 Å². The summed E-state index contributed by atoms with van der Waals surface area (Å²) >= 11 is 0. The first-order valence-electron chi connectivity index (χ1n) is 6.37. The highest BCUT2D eigenvalue weighted by Crippen LogP contribution is 2.27. The lowest BCUT2D eigenvalue weighted by Gasteiger charge is -2.19. The Balaban J connectivity index is 2.05. The Morgan fingerprint density at radius 3 is 2.74 bits per heavy atom. The minimum atomic E-state index is -3.59. The van der Waals surface area contributed by atoms with Gasteiger partial charge in [0.05, 0.1) is 5.75 Å². The van der Waals surface area contributed by atoms with Gasteiger partial charge < -0.3 is 5.32 Å². The quantitative estimate of drug-likeness (QED) is 0.869. The minimum Gasteiger partial charge on any atom is -0.326 e. The molecule has 3 N–H and O–H groups in total. The second-order valence-corrected chi connectivity index (χ2v) is 6.55. The Hall–Kier alpha value is -1.40. The molecule has 0 bridgehead atoms. The van der Waals surface area contributed by atoms with Crippen LogP contribution in [0.15, 0.2) is 18.2 Å². The molecule has 0 saturated heterocycles. The molecule has 0 spiro atoms. The zero-order valence-corrected chi connectivity index (χ0v) is 11.5. The van der Waals surface area contributed by atoms with Gasteiger partial charge in [-0.1, -0.05) is 12.1 Å². The third kappa shape index (κ3) is 4.04. The molecule has 6 heteroatoms. The standard InChI is InChI=1S/C13H18N2O3S/c14-19(17,18)9-8-13(16)15-12-7-3-5-10-4-1-2-6-11(10)12/h3,5,7H,1-2,4,6,8-9H2,(H,15,16)(H2,14,17,18). The van der Waals surface area contributed by atoms with Crippen LogP contribution in [0, 0.1) is 0 Å².